The monoisotopic (exact) mass is 268 g/mol. The fourth-order valence-electron chi connectivity index (χ4n) is 1.95. The molecule has 0 bridgehead atoms. The summed E-state index contributed by atoms with van der Waals surface area (Å²) < 4.78 is 0. The minimum atomic E-state index is -0.0174. The van der Waals surface area contributed by atoms with E-state index in [2.05, 4.69) is 0 Å². The number of carbonyl (C=O) groups excluding carboxylic acids is 1. The van der Waals surface area contributed by atoms with Crippen LogP contribution < -0.4 is 0 Å². The molecule has 1 rings (SSSR count). The van der Waals surface area contributed by atoms with E-state index in [4.69, 9.17) is 11.6 Å². The number of ketones is 1. The minimum Gasteiger partial charge on any atom is -0.309 e. The van der Waals surface area contributed by atoms with Gasteiger partial charge in [0.05, 0.1) is 0 Å². The maximum Gasteiger partial charge on any atom is 0.168 e. The molecule has 100 valence electrons. The van der Waals surface area contributed by atoms with Gasteiger partial charge in [0.25, 0.3) is 0 Å². The normalized spacial score (nSPS) is 11.6. The molecule has 0 saturated heterocycles. The van der Waals surface area contributed by atoms with Crippen molar-refractivity contribution in [3.63, 3.8) is 0 Å². The van der Waals surface area contributed by atoms with Gasteiger partial charge >= 0.3 is 0 Å². The van der Waals surface area contributed by atoms with Crippen molar-refractivity contribution in [1.82, 2.24) is 9.80 Å². The van der Waals surface area contributed by atoms with Crippen LogP contribution in [-0.2, 0) is 0 Å². The Morgan fingerprint density at radius 1 is 1.06 bits per heavy atom. The second-order valence-corrected chi connectivity index (χ2v) is 5.53. The van der Waals surface area contributed by atoms with E-state index in [1.807, 2.05) is 38.0 Å². The predicted octanol–water partition coefficient (Wildman–Crippen LogP) is 2.26. The third-order valence-electron chi connectivity index (χ3n) is 2.67. The van der Waals surface area contributed by atoms with Gasteiger partial charge in [0.15, 0.2) is 5.78 Å². The van der Waals surface area contributed by atoms with Crippen LogP contribution in [0.15, 0.2) is 24.3 Å². The molecule has 0 radical (unpaired) electrons. The van der Waals surface area contributed by atoms with Gasteiger partial charge in [-0.05, 0) is 52.5 Å². The van der Waals surface area contributed by atoms with E-state index >= 15 is 0 Å². The number of carbonyl (C=O) groups is 1. The molecule has 0 aliphatic rings. The van der Waals surface area contributed by atoms with Gasteiger partial charge in [-0.15, -0.1) is 0 Å². The Bertz CT molecular complexity index is 377. The maximum atomic E-state index is 12.4. The van der Waals surface area contributed by atoms with Gasteiger partial charge in [-0.3, -0.25) is 4.79 Å². The fourth-order valence-corrected chi connectivity index (χ4v) is 2.08. The SMILES string of the molecule is CN(C)CC(CN(C)C)C(=O)c1ccc(Cl)cc1. The summed E-state index contributed by atoms with van der Waals surface area (Å²) in [5.41, 5.74) is 0.730. The second kappa shape index (κ2) is 6.88. The smallest absolute Gasteiger partial charge is 0.168 e. The van der Waals surface area contributed by atoms with Crippen molar-refractivity contribution in [3.8, 4) is 0 Å². The first-order valence-electron chi connectivity index (χ1n) is 5.99. The maximum absolute atomic E-state index is 12.4. The molecule has 4 heteroatoms. The molecule has 0 fully saturated rings. The molecule has 0 aromatic heterocycles. The van der Waals surface area contributed by atoms with Crippen molar-refractivity contribution >= 4 is 17.4 Å². The molecule has 1 aromatic rings. The third-order valence-corrected chi connectivity index (χ3v) is 2.92. The summed E-state index contributed by atoms with van der Waals surface area (Å²) in [6, 6.07) is 7.11. The third kappa shape index (κ3) is 4.77. The number of benzene rings is 1. The Kier molecular flexibility index (Phi) is 5.79. The van der Waals surface area contributed by atoms with E-state index in [1.165, 1.54) is 0 Å². The van der Waals surface area contributed by atoms with E-state index < -0.39 is 0 Å². The molecule has 0 amide bonds. The van der Waals surface area contributed by atoms with Crippen molar-refractivity contribution in [1.29, 1.82) is 0 Å². The summed E-state index contributed by atoms with van der Waals surface area (Å²) in [6.45, 7) is 1.50. The van der Waals surface area contributed by atoms with Crippen LogP contribution >= 0.6 is 11.6 Å². The molecule has 0 saturated carbocycles. The lowest BCUT2D eigenvalue weighted by Gasteiger charge is -2.23. The topological polar surface area (TPSA) is 23.6 Å². The summed E-state index contributed by atoms with van der Waals surface area (Å²) in [5, 5.41) is 0.656. The number of halogens is 1. The summed E-state index contributed by atoms with van der Waals surface area (Å²) in [5.74, 6) is 0.158. The molecule has 18 heavy (non-hydrogen) atoms. The fraction of sp³-hybridized carbons (Fsp3) is 0.500. The Morgan fingerprint density at radius 2 is 1.50 bits per heavy atom. The largest absolute Gasteiger partial charge is 0.309 e. The highest BCUT2D eigenvalue weighted by Crippen LogP contribution is 2.14. The van der Waals surface area contributed by atoms with Gasteiger partial charge in [-0.2, -0.15) is 0 Å². The van der Waals surface area contributed by atoms with Gasteiger partial charge < -0.3 is 9.80 Å². The lowest BCUT2D eigenvalue weighted by molar-refractivity contribution is 0.0871. The number of Topliss-reactive ketones (excluding diaryl/α,β-unsaturated/α-hetero) is 1. The summed E-state index contributed by atoms with van der Waals surface area (Å²) in [7, 11) is 7.94. The van der Waals surface area contributed by atoms with E-state index in [0.29, 0.717) is 5.02 Å². The van der Waals surface area contributed by atoms with Crippen molar-refractivity contribution < 1.29 is 4.79 Å². The van der Waals surface area contributed by atoms with Gasteiger partial charge in [-0.25, -0.2) is 0 Å². The molecule has 0 N–H and O–H groups in total. The van der Waals surface area contributed by atoms with Gasteiger partial charge in [0.1, 0.15) is 0 Å². The zero-order valence-electron chi connectivity index (χ0n) is 11.5. The highest BCUT2D eigenvalue weighted by molar-refractivity contribution is 6.30. The first-order valence-corrected chi connectivity index (χ1v) is 6.37. The van der Waals surface area contributed by atoms with E-state index in [-0.39, 0.29) is 11.7 Å². The quantitative estimate of drug-likeness (QED) is 0.740. The molecular weight excluding hydrogens is 248 g/mol. The number of hydrogen-bond acceptors (Lipinski definition) is 3. The Balaban J connectivity index is 2.83. The van der Waals surface area contributed by atoms with Crippen LogP contribution in [0.5, 0.6) is 0 Å². The Labute approximate surface area is 114 Å². The van der Waals surface area contributed by atoms with Crippen molar-refractivity contribution in [2.75, 3.05) is 41.3 Å². The first kappa shape index (κ1) is 15.2. The van der Waals surface area contributed by atoms with E-state index in [1.54, 1.807) is 24.3 Å². The standard InChI is InChI=1S/C14H21ClN2O/c1-16(2)9-12(10-17(3)4)14(18)11-5-7-13(15)8-6-11/h5-8,12H,9-10H2,1-4H3. The zero-order chi connectivity index (χ0) is 13.7. The average Bonchev–Trinajstić information content (AvgIpc) is 2.27. The molecule has 1 aromatic carbocycles. The first-order chi connectivity index (χ1) is 8.40. The van der Waals surface area contributed by atoms with Crippen LogP contribution in [0, 0.1) is 5.92 Å². The summed E-state index contributed by atoms with van der Waals surface area (Å²) in [6.07, 6.45) is 0. The van der Waals surface area contributed by atoms with E-state index in [0.717, 1.165) is 18.7 Å². The lowest BCUT2D eigenvalue weighted by atomic mass is 9.96. The van der Waals surface area contributed by atoms with E-state index in [9.17, 15) is 4.79 Å². The molecule has 0 aliphatic heterocycles. The molecule has 0 aliphatic carbocycles. The van der Waals surface area contributed by atoms with Crippen LogP contribution in [0.3, 0.4) is 0 Å². The second-order valence-electron chi connectivity index (χ2n) is 5.09. The van der Waals surface area contributed by atoms with Crippen LogP contribution in [0.4, 0.5) is 0 Å². The van der Waals surface area contributed by atoms with Crippen molar-refractivity contribution in [3.05, 3.63) is 34.9 Å². The van der Waals surface area contributed by atoms with Crippen molar-refractivity contribution in [2.45, 2.75) is 0 Å². The molecule has 0 unspecified atom stereocenters. The average molecular weight is 269 g/mol. The Morgan fingerprint density at radius 3 is 1.89 bits per heavy atom. The predicted molar refractivity (Wildman–Crippen MR) is 76.4 cm³/mol. The van der Waals surface area contributed by atoms with Gasteiger partial charge in [0.2, 0.25) is 0 Å². The number of hydrogen-bond donors (Lipinski definition) is 0. The van der Waals surface area contributed by atoms with Crippen LogP contribution in [0.2, 0.25) is 5.02 Å². The molecular formula is C14H21ClN2O. The van der Waals surface area contributed by atoms with Gasteiger partial charge in [0, 0.05) is 29.6 Å². The Hall–Kier alpha value is -0.900. The summed E-state index contributed by atoms with van der Waals surface area (Å²) >= 11 is 5.84. The van der Waals surface area contributed by atoms with Crippen molar-refractivity contribution in [2.24, 2.45) is 5.92 Å². The molecule has 0 atom stereocenters. The minimum absolute atomic E-state index is 0.0174. The lowest BCUT2D eigenvalue weighted by Crippen LogP contribution is -2.35. The zero-order valence-corrected chi connectivity index (χ0v) is 12.2. The van der Waals surface area contributed by atoms with Crippen LogP contribution in [-0.4, -0.2) is 56.9 Å². The van der Waals surface area contributed by atoms with Gasteiger partial charge in [-0.1, -0.05) is 11.6 Å². The molecule has 0 heterocycles. The summed E-state index contributed by atoms with van der Waals surface area (Å²) in [4.78, 5) is 16.5. The number of nitrogens with zero attached hydrogens (tertiary/aromatic N) is 2. The molecule has 0 spiro atoms. The molecule has 3 nitrogen and oxygen atoms in total. The number of rotatable bonds is 6. The highest BCUT2D eigenvalue weighted by atomic mass is 35.5. The highest BCUT2D eigenvalue weighted by Gasteiger charge is 2.21. The van der Waals surface area contributed by atoms with Crippen LogP contribution in [0.25, 0.3) is 0 Å². The van der Waals surface area contributed by atoms with Crippen LogP contribution in [0.1, 0.15) is 10.4 Å².